The Kier molecular flexibility index (Phi) is 4.44. The normalized spacial score (nSPS) is 10.4. The minimum absolute atomic E-state index is 0.154. The van der Waals surface area contributed by atoms with Crippen LogP contribution in [0.3, 0.4) is 0 Å². The lowest BCUT2D eigenvalue weighted by molar-refractivity contribution is 0.100. The molecule has 0 saturated heterocycles. The molecule has 0 unspecified atom stereocenters. The Hall–Kier alpha value is -1.41. The summed E-state index contributed by atoms with van der Waals surface area (Å²) in [6.07, 6.45) is 0. The maximum absolute atomic E-state index is 13.8. The van der Waals surface area contributed by atoms with Crippen LogP contribution in [-0.2, 0) is 0 Å². The summed E-state index contributed by atoms with van der Waals surface area (Å²) >= 11 is 8.07. The summed E-state index contributed by atoms with van der Waals surface area (Å²) in [7, 11) is 0. The van der Waals surface area contributed by atoms with E-state index in [-0.39, 0.29) is 11.3 Å². The van der Waals surface area contributed by atoms with Crippen LogP contribution in [0.5, 0.6) is 0 Å². The van der Waals surface area contributed by atoms with Gasteiger partial charge in [0.05, 0.1) is 22.0 Å². The molecule has 0 spiro atoms. The van der Waals surface area contributed by atoms with E-state index in [2.05, 4.69) is 27.9 Å². The maximum Gasteiger partial charge on any atom is 0.250 e. The number of primary amides is 1. The minimum atomic E-state index is -1.18. The predicted molar refractivity (Wildman–Crippen MR) is 82.3 cm³/mol. The molecule has 104 valence electrons. The SMILES string of the molecule is NC(=O)c1ccc(F)c(F)c1Nc1ccc(I)cc1Cl. The van der Waals surface area contributed by atoms with E-state index in [1.54, 1.807) is 18.2 Å². The number of amides is 1. The fourth-order valence-electron chi connectivity index (χ4n) is 1.60. The van der Waals surface area contributed by atoms with E-state index in [0.29, 0.717) is 10.7 Å². The van der Waals surface area contributed by atoms with Gasteiger partial charge in [-0.2, -0.15) is 0 Å². The number of nitrogens with two attached hydrogens (primary N) is 1. The first-order valence-corrected chi connectivity index (χ1v) is 6.85. The zero-order chi connectivity index (χ0) is 14.9. The number of benzene rings is 2. The molecule has 0 heterocycles. The number of hydrogen-bond acceptors (Lipinski definition) is 2. The Morgan fingerprint density at radius 3 is 2.55 bits per heavy atom. The lowest BCUT2D eigenvalue weighted by Crippen LogP contribution is -2.15. The van der Waals surface area contributed by atoms with Crippen molar-refractivity contribution in [2.24, 2.45) is 5.73 Å². The van der Waals surface area contributed by atoms with Gasteiger partial charge >= 0.3 is 0 Å². The summed E-state index contributed by atoms with van der Waals surface area (Å²) < 4.78 is 28.0. The van der Waals surface area contributed by atoms with Gasteiger partial charge in [0.15, 0.2) is 11.6 Å². The van der Waals surface area contributed by atoms with Crippen LogP contribution in [0, 0.1) is 15.2 Å². The molecule has 2 aromatic rings. The van der Waals surface area contributed by atoms with Crippen molar-refractivity contribution < 1.29 is 13.6 Å². The Morgan fingerprint density at radius 2 is 1.95 bits per heavy atom. The number of nitrogens with one attached hydrogen (secondary N) is 1. The number of carbonyl (C=O) groups excluding carboxylic acids is 1. The predicted octanol–water partition coefficient (Wildman–Crippen LogP) is 4.07. The fraction of sp³-hybridized carbons (Fsp3) is 0. The molecular formula is C13H8ClF2IN2O. The lowest BCUT2D eigenvalue weighted by Gasteiger charge is -2.13. The van der Waals surface area contributed by atoms with Gasteiger partial charge < -0.3 is 11.1 Å². The van der Waals surface area contributed by atoms with E-state index in [1.165, 1.54) is 0 Å². The van der Waals surface area contributed by atoms with Gasteiger partial charge in [0.1, 0.15) is 0 Å². The van der Waals surface area contributed by atoms with Gasteiger partial charge in [-0.05, 0) is 52.9 Å². The Morgan fingerprint density at radius 1 is 1.25 bits per heavy atom. The highest BCUT2D eigenvalue weighted by molar-refractivity contribution is 14.1. The highest BCUT2D eigenvalue weighted by Gasteiger charge is 2.18. The molecule has 3 nitrogen and oxygen atoms in total. The molecule has 0 radical (unpaired) electrons. The standard InChI is InChI=1S/C13H8ClF2IN2O/c14-8-5-6(17)1-4-10(8)19-12-7(13(18)20)2-3-9(15)11(12)16/h1-5,19H,(H2,18,20). The molecule has 7 heteroatoms. The first-order valence-electron chi connectivity index (χ1n) is 5.40. The van der Waals surface area contributed by atoms with Gasteiger partial charge in [-0.3, -0.25) is 4.79 Å². The average Bonchev–Trinajstić information content (AvgIpc) is 2.37. The third-order valence-electron chi connectivity index (χ3n) is 2.55. The van der Waals surface area contributed by atoms with Crippen molar-refractivity contribution in [1.29, 1.82) is 0 Å². The zero-order valence-corrected chi connectivity index (χ0v) is 12.8. The molecule has 0 aliphatic heterocycles. The second kappa shape index (κ2) is 5.92. The quantitative estimate of drug-likeness (QED) is 0.753. The molecule has 0 aromatic heterocycles. The van der Waals surface area contributed by atoms with Crippen molar-refractivity contribution in [3.05, 3.63) is 56.1 Å². The van der Waals surface area contributed by atoms with Crippen LogP contribution in [0.4, 0.5) is 20.2 Å². The van der Waals surface area contributed by atoms with E-state index in [1.807, 2.05) is 0 Å². The Bertz CT molecular complexity index is 694. The van der Waals surface area contributed by atoms with Crippen LogP contribution in [0.15, 0.2) is 30.3 Å². The van der Waals surface area contributed by atoms with Crippen molar-refractivity contribution in [3.8, 4) is 0 Å². The summed E-state index contributed by atoms with van der Waals surface area (Å²) in [5.41, 5.74) is 5.01. The van der Waals surface area contributed by atoms with E-state index in [9.17, 15) is 13.6 Å². The van der Waals surface area contributed by atoms with Crippen LogP contribution < -0.4 is 11.1 Å². The Balaban J connectivity index is 2.52. The van der Waals surface area contributed by atoms with Crippen LogP contribution in [0.2, 0.25) is 5.02 Å². The number of halogens is 4. The van der Waals surface area contributed by atoms with E-state index in [4.69, 9.17) is 17.3 Å². The summed E-state index contributed by atoms with van der Waals surface area (Å²) in [6, 6.07) is 6.93. The van der Waals surface area contributed by atoms with Crippen LogP contribution >= 0.6 is 34.2 Å². The number of hydrogen-bond donors (Lipinski definition) is 2. The smallest absolute Gasteiger partial charge is 0.250 e. The highest BCUT2D eigenvalue weighted by atomic mass is 127. The van der Waals surface area contributed by atoms with E-state index in [0.717, 1.165) is 15.7 Å². The van der Waals surface area contributed by atoms with Crippen molar-refractivity contribution in [1.82, 2.24) is 0 Å². The molecule has 20 heavy (non-hydrogen) atoms. The second-order valence-electron chi connectivity index (χ2n) is 3.90. The largest absolute Gasteiger partial charge is 0.366 e. The molecule has 0 saturated carbocycles. The minimum Gasteiger partial charge on any atom is -0.366 e. The molecule has 0 fully saturated rings. The summed E-state index contributed by atoms with van der Waals surface area (Å²) in [5.74, 6) is -3.14. The first kappa shape index (κ1) is 15.0. The molecule has 0 bridgehead atoms. The average molecular weight is 409 g/mol. The van der Waals surface area contributed by atoms with Crippen LogP contribution in [0.1, 0.15) is 10.4 Å². The van der Waals surface area contributed by atoms with E-state index < -0.39 is 17.5 Å². The number of rotatable bonds is 3. The monoisotopic (exact) mass is 408 g/mol. The van der Waals surface area contributed by atoms with Gasteiger partial charge in [0, 0.05) is 3.57 Å². The molecule has 2 rings (SSSR count). The number of carbonyl (C=O) groups is 1. The van der Waals surface area contributed by atoms with Crippen molar-refractivity contribution in [3.63, 3.8) is 0 Å². The van der Waals surface area contributed by atoms with Gasteiger partial charge in [-0.15, -0.1) is 0 Å². The van der Waals surface area contributed by atoms with E-state index >= 15 is 0 Å². The zero-order valence-electron chi connectivity index (χ0n) is 9.88. The lowest BCUT2D eigenvalue weighted by atomic mass is 10.1. The summed E-state index contributed by atoms with van der Waals surface area (Å²) in [5, 5.41) is 2.92. The van der Waals surface area contributed by atoms with Crippen molar-refractivity contribution in [2.45, 2.75) is 0 Å². The molecule has 0 atom stereocenters. The number of anilines is 2. The molecule has 1 amide bonds. The van der Waals surface area contributed by atoms with Crippen LogP contribution in [-0.4, -0.2) is 5.91 Å². The van der Waals surface area contributed by atoms with Crippen molar-refractivity contribution in [2.75, 3.05) is 5.32 Å². The van der Waals surface area contributed by atoms with Gasteiger partial charge in [0.2, 0.25) is 0 Å². The highest BCUT2D eigenvalue weighted by Crippen LogP contribution is 2.31. The molecular weight excluding hydrogens is 401 g/mol. The third-order valence-corrected chi connectivity index (χ3v) is 3.53. The molecule has 0 aliphatic carbocycles. The summed E-state index contributed by atoms with van der Waals surface area (Å²) in [4.78, 5) is 11.3. The van der Waals surface area contributed by atoms with Gasteiger partial charge in [0.25, 0.3) is 5.91 Å². The molecule has 3 N–H and O–H groups in total. The summed E-state index contributed by atoms with van der Waals surface area (Å²) in [6.45, 7) is 0. The molecule has 0 aliphatic rings. The van der Waals surface area contributed by atoms with Crippen LogP contribution in [0.25, 0.3) is 0 Å². The Labute approximate surface area is 132 Å². The second-order valence-corrected chi connectivity index (χ2v) is 5.55. The fourth-order valence-corrected chi connectivity index (χ4v) is 2.51. The maximum atomic E-state index is 13.8. The third kappa shape index (κ3) is 3.01. The first-order chi connectivity index (χ1) is 9.40. The topological polar surface area (TPSA) is 55.1 Å². The van der Waals surface area contributed by atoms with Crippen molar-refractivity contribution >= 4 is 51.5 Å². The molecule has 2 aromatic carbocycles. The van der Waals surface area contributed by atoms with Gasteiger partial charge in [-0.25, -0.2) is 8.78 Å². The van der Waals surface area contributed by atoms with Gasteiger partial charge in [-0.1, -0.05) is 11.6 Å².